The summed E-state index contributed by atoms with van der Waals surface area (Å²) in [4.78, 5) is 5.05. The molecule has 3 rings (SSSR count). The van der Waals surface area contributed by atoms with Crippen LogP contribution in [-0.2, 0) is 13.1 Å². The van der Waals surface area contributed by atoms with Gasteiger partial charge in [-0.25, -0.2) is 0 Å². The molecule has 0 spiro atoms. The Balaban J connectivity index is 1.67. The maximum absolute atomic E-state index is 4.48. The molecule has 2 fully saturated rings. The van der Waals surface area contributed by atoms with Crippen molar-refractivity contribution in [3.63, 3.8) is 0 Å². The number of nitrogens with zero attached hydrogens (tertiary/aromatic N) is 4. The van der Waals surface area contributed by atoms with Crippen LogP contribution in [0.5, 0.6) is 0 Å². The highest BCUT2D eigenvalue weighted by atomic mass is 15.3. The van der Waals surface area contributed by atoms with Gasteiger partial charge >= 0.3 is 0 Å². The monoisotopic (exact) mass is 288 g/mol. The molecule has 0 aromatic carbocycles. The van der Waals surface area contributed by atoms with Crippen molar-refractivity contribution in [2.75, 3.05) is 27.2 Å². The van der Waals surface area contributed by atoms with E-state index in [1.807, 2.05) is 17.0 Å². The summed E-state index contributed by atoms with van der Waals surface area (Å²) in [5, 5.41) is 4.48. The molecule has 0 N–H and O–H groups in total. The predicted molar refractivity (Wildman–Crippen MR) is 86.1 cm³/mol. The third-order valence-corrected chi connectivity index (χ3v) is 5.20. The van der Waals surface area contributed by atoms with E-state index in [0.29, 0.717) is 0 Å². The molecule has 4 heteroatoms. The molecule has 1 saturated heterocycles. The molecule has 1 aliphatic carbocycles. The number of aromatic nitrogens is 2. The van der Waals surface area contributed by atoms with Crippen LogP contribution < -0.4 is 0 Å². The summed E-state index contributed by atoms with van der Waals surface area (Å²) in [5.41, 5.74) is 2.65. The van der Waals surface area contributed by atoms with Crippen LogP contribution in [0.1, 0.15) is 24.1 Å². The predicted octanol–water partition coefficient (Wildman–Crippen LogP) is 2.15. The smallest absolute Gasteiger partial charge is 0.0590 e. The minimum atomic E-state index is 0.723. The lowest BCUT2D eigenvalue weighted by molar-refractivity contribution is 0.233. The summed E-state index contributed by atoms with van der Waals surface area (Å²) in [6, 6.07) is 0.723. The van der Waals surface area contributed by atoms with Crippen LogP contribution in [0.2, 0.25) is 0 Å². The molecular formula is C17H28N4. The molecule has 1 saturated carbocycles. The van der Waals surface area contributed by atoms with E-state index in [1.54, 1.807) is 0 Å². The fraction of sp³-hybridized carbons (Fsp3) is 0.706. The van der Waals surface area contributed by atoms with E-state index < -0.39 is 0 Å². The summed E-state index contributed by atoms with van der Waals surface area (Å²) in [6.07, 6.45) is 6.83. The summed E-state index contributed by atoms with van der Waals surface area (Å²) >= 11 is 0. The Morgan fingerprint density at radius 3 is 2.76 bits per heavy atom. The van der Waals surface area contributed by atoms with E-state index in [1.165, 1.54) is 37.2 Å². The zero-order chi connectivity index (χ0) is 15.0. The van der Waals surface area contributed by atoms with Crippen LogP contribution in [0.3, 0.4) is 0 Å². The Kier molecular flexibility index (Phi) is 4.18. The molecule has 0 bridgehead atoms. The molecule has 0 unspecified atom stereocenters. The van der Waals surface area contributed by atoms with Gasteiger partial charge in [0.25, 0.3) is 0 Å². The van der Waals surface area contributed by atoms with Crippen LogP contribution in [-0.4, -0.2) is 52.8 Å². The molecule has 116 valence electrons. The minimum absolute atomic E-state index is 0.723. The maximum atomic E-state index is 4.48. The van der Waals surface area contributed by atoms with Gasteiger partial charge in [0.1, 0.15) is 0 Å². The van der Waals surface area contributed by atoms with Crippen molar-refractivity contribution in [1.82, 2.24) is 19.6 Å². The first-order valence-corrected chi connectivity index (χ1v) is 8.11. The Morgan fingerprint density at radius 2 is 2.14 bits per heavy atom. The summed E-state index contributed by atoms with van der Waals surface area (Å²) < 4.78 is 2.04. The zero-order valence-electron chi connectivity index (χ0n) is 13.6. The van der Waals surface area contributed by atoms with Crippen molar-refractivity contribution in [3.05, 3.63) is 30.1 Å². The zero-order valence-corrected chi connectivity index (χ0v) is 13.6. The van der Waals surface area contributed by atoms with Crippen molar-refractivity contribution in [2.45, 2.75) is 38.9 Å². The number of hydrogen-bond donors (Lipinski definition) is 0. The number of allylic oxidation sites excluding steroid dienone is 1. The maximum Gasteiger partial charge on any atom is 0.0590 e. The number of likely N-dealkylation sites (N-methyl/N-ethyl adjacent to an activating group) is 1. The van der Waals surface area contributed by atoms with E-state index >= 15 is 0 Å². The highest BCUT2D eigenvalue weighted by Crippen LogP contribution is 2.42. The van der Waals surface area contributed by atoms with Gasteiger partial charge in [-0.15, -0.1) is 6.58 Å². The molecule has 2 aliphatic rings. The Labute approximate surface area is 128 Å². The van der Waals surface area contributed by atoms with Crippen LogP contribution >= 0.6 is 0 Å². The van der Waals surface area contributed by atoms with E-state index in [4.69, 9.17) is 0 Å². The van der Waals surface area contributed by atoms with Gasteiger partial charge in [-0.1, -0.05) is 6.08 Å². The Hall–Kier alpha value is -1.13. The molecule has 1 aromatic heterocycles. The SMILES string of the molecule is C=CCn1ncc(CN2C[C@@H](N(C)C)[C@H](C3CC3)C2)c1C. The van der Waals surface area contributed by atoms with Crippen molar-refractivity contribution >= 4 is 0 Å². The van der Waals surface area contributed by atoms with E-state index in [0.717, 1.165) is 31.0 Å². The first-order valence-electron chi connectivity index (χ1n) is 8.11. The lowest BCUT2D eigenvalue weighted by atomic mass is 9.97. The van der Waals surface area contributed by atoms with Crippen LogP contribution in [0.15, 0.2) is 18.9 Å². The fourth-order valence-electron chi connectivity index (χ4n) is 3.74. The molecule has 21 heavy (non-hydrogen) atoms. The third-order valence-electron chi connectivity index (χ3n) is 5.20. The van der Waals surface area contributed by atoms with Gasteiger partial charge in [-0.05, 0) is 45.7 Å². The molecule has 1 aliphatic heterocycles. The van der Waals surface area contributed by atoms with Gasteiger partial charge in [0.05, 0.1) is 12.7 Å². The van der Waals surface area contributed by atoms with Gasteiger partial charge in [0.2, 0.25) is 0 Å². The van der Waals surface area contributed by atoms with Crippen molar-refractivity contribution < 1.29 is 0 Å². The Bertz CT molecular complexity index is 491. The molecule has 2 atom stereocenters. The van der Waals surface area contributed by atoms with E-state index in [2.05, 4.69) is 42.5 Å². The highest BCUT2D eigenvalue weighted by Gasteiger charge is 2.43. The van der Waals surface area contributed by atoms with E-state index in [9.17, 15) is 0 Å². The quantitative estimate of drug-likeness (QED) is 0.750. The standard InChI is InChI=1S/C17H28N4/c1-5-8-21-13(2)15(9-18-21)10-20-11-16(14-6-7-14)17(12-20)19(3)4/h5,9,14,16-17H,1,6-8,10-12H2,2-4H3/t16-,17+/m0/s1. The lowest BCUT2D eigenvalue weighted by Gasteiger charge is -2.25. The second kappa shape index (κ2) is 5.93. The molecule has 2 heterocycles. The van der Waals surface area contributed by atoms with Gasteiger partial charge < -0.3 is 4.90 Å². The van der Waals surface area contributed by atoms with Crippen molar-refractivity contribution in [2.24, 2.45) is 11.8 Å². The topological polar surface area (TPSA) is 24.3 Å². The second-order valence-corrected chi connectivity index (χ2v) is 6.95. The van der Waals surface area contributed by atoms with Crippen molar-refractivity contribution in [1.29, 1.82) is 0 Å². The van der Waals surface area contributed by atoms with Gasteiger partial charge in [-0.3, -0.25) is 9.58 Å². The average Bonchev–Trinajstić information content (AvgIpc) is 3.13. The third kappa shape index (κ3) is 3.06. The van der Waals surface area contributed by atoms with Gasteiger partial charge in [-0.2, -0.15) is 5.10 Å². The molecule has 1 aromatic rings. The first kappa shape index (κ1) is 14.8. The highest BCUT2D eigenvalue weighted by molar-refractivity contribution is 5.17. The van der Waals surface area contributed by atoms with Crippen LogP contribution in [0, 0.1) is 18.8 Å². The number of likely N-dealkylation sites (tertiary alicyclic amines) is 1. The number of hydrogen-bond acceptors (Lipinski definition) is 3. The molecule has 4 nitrogen and oxygen atoms in total. The summed E-state index contributed by atoms with van der Waals surface area (Å²) in [5.74, 6) is 1.84. The summed E-state index contributed by atoms with van der Waals surface area (Å²) in [7, 11) is 4.47. The normalized spacial score (nSPS) is 26.7. The summed E-state index contributed by atoms with van der Waals surface area (Å²) in [6.45, 7) is 10.3. The minimum Gasteiger partial charge on any atom is -0.305 e. The van der Waals surface area contributed by atoms with Gasteiger partial charge in [0, 0.05) is 36.9 Å². The average molecular weight is 288 g/mol. The Morgan fingerprint density at radius 1 is 1.38 bits per heavy atom. The van der Waals surface area contributed by atoms with E-state index in [-0.39, 0.29) is 0 Å². The molecule has 0 radical (unpaired) electrons. The molecule has 0 amide bonds. The lowest BCUT2D eigenvalue weighted by Crippen LogP contribution is -2.36. The molecular weight excluding hydrogens is 260 g/mol. The largest absolute Gasteiger partial charge is 0.305 e. The number of rotatable bonds is 6. The van der Waals surface area contributed by atoms with Crippen LogP contribution in [0.4, 0.5) is 0 Å². The van der Waals surface area contributed by atoms with Crippen LogP contribution in [0.25, 0.3) is 0 Å². The van der Waals surface area contributed by atoms with Crippen molar-refractivity contribution in [3.8, 4) is 0 Å². The first-order chi connectivity index (χ1) is 10.1. The second-order valence-electron chi connectivity index (χ2n) is 6.95. The fourth-order valence-corrected chi connectivity index (χ4v) is 3.74. The van der Waals surface area contributed by atoms with Gasteiger partial charge in [0.15, 0.2) is 0 Å².